The number of methoxy groups -OCH3 is 1. The van der Waals surface area contributed by atoms with E-state index in [0.29, 0.717) is 11.6 Å². The second-order valence-electron chi connectivity index (χ2n) is 7.26. The van der Waals surface area contributed by atoms with Crippen molar-refractivity contribution in [2.45, 2.75) is 50.5 Å². The van der Waals surface area contributed by atoms with Gasteiger partial charge in [0.1, 0.15) is 0 Å². The van der Waals surface area contributed by atoms with E-state index >= 15 is 0 Å². The fraction of sp³-hybridized carbons (Fsp3) is 0.550. The zero-order valence-corrected chi connectivity index (χ0v) is 15.8. The third kappa shape index (κ3) is 3.37. The van der Waals surface area contributed by atoms with E-state index in [2.05, 4.69) is 9.88 Å². The van der Waals surface area contributed by atoms with E-state index in [1.807, 2.05) is 5.38 Å². The Balaban J connectivity index is 1.46. The first-order valence-electron chi connectivity index (χ1n) is 9.39. The van der Waals surface area contributed by atoms with Crippen LogP contribution in [0.15, 0.2) is 17.5 Å². The smallest absolute Gasteiger partial charge is 0.201 e. The molecule has 140 valence electrons. The molecule has 1 aromatic heterocycles. The molecule has 1 aliphatic carbocycles. The summed E-state index contributed by atoms with van der Waals surface area (Å²) in [4.78, 5) is 7.27. The van der Waals surface area contributed by atoms with Crippen LogP contribution in [-0.4, -0.2) is 36.1 Å². The minimum Gasteiger partial charge on any atom is -0.494 e. The number of piperidine rings is 1. The summed E-state index contributed by atoms with van der Waals surface area (Å²) in [7, 11) is 1.33. The Hall–Kier alpha value is -1.53. The van der Waals surface area contributed by atoms with E-state index < -0.39 is 11.6 Å². The molecule has 0 unspecified atom stereocenters. The molecule has 2 heterocycles. The predicted molar refractivity (Wildman–Crippen MR) is 99.8 cm³/mol. The standard InChI is InChI=1S/C20H24F2N2OS/c1-25-17-7-6-15(18(21)19(17)22)16-12-26-20(23-16)13-8-10-24(11-9-13)14-4-2-3-5-14/h6-7,12-14H,2-5,8-11H2,1H3. The molecule has 1 aromatic carbocycles. The molecule has 2 aliphatic rings. The molecule has 2 fully saturated rings. The highest BCUT2D eigenvalue weighted by atomic mass is 32.1. The first kappa shape index (κ1) is 17.9. The second-order valence-corrected chi connectivity index (χ2v) is 8.15. The molecule has 0 radical (unpaired) electrons. The van der Waals surface area contributed by atoms with Gasteiger partial charge in [0.2, 0.25) is 5.82 Å². The summed E-state index contributed by atoms with van der Waals surface area (Å²) in [5.74, 6) is -1.50. The molecule has 4 rings (SSSR count). The molecule has 26 heavy (non-hydrogen) atoms. The highest BCUT2D eigenvalue weighted by Gasteiger charge is 2.29. The van der Waals surface area contributed by atoms with Gasteiger partial charge in [0.25, 0.3) is 0 Å². The van der Waals surface area contributed by atoms with E-state index in [1.165, 1.54) is 38.9 Å². The Labute approximate surface area is 157 Å². The minimum atomic E-state index is -0.954. The molecule has 2 aromatic rings. The van der Waals surface area contributed by atoms with E-state index in [-0.39, 0.29) is 11.3 Å². The lowest BCUT2D eigenvalue weighted by atomic mass is 9.96. The molecule has 1 saturated heterocycles. The number of ether oxygens (including phenoxy) is 1. The van der Waals surface area contributed by atoms with Gasteiger partial charge < -0.3 is 9.64 Å². The molecule has 0 spiro atoms. The van der Waals surface area contributed by atoms with E-state index in [4.69, 9.17) is 4.74 Å². The number of hydrogen-bond acceptors (Lipinski definition) is 4. The molecule has 1 aliphatic heterocycles. The lowest BCUT2D eigenvalue weighted by Gasteiger charge is -2.35. The van der Waals surface area contributed by atoms with Crippen molar-refractivity contribution < 1.29 is 13.5 Å². The maximum Gasteiger partial charge on any atom is 0.201 e. The normalized spacial score (nSPS) is 20.0. The van der Waals surface area contributed by atoms with Crippen molar-refractivity contribution in [2.75, 3.05) is 20.2 Å². The fourth-order valence-corrected chi connectivity index (χ4v) is 5.26. The molecular weight excluding hydrogens is 354 g/mol. The van der Waals surface area contributed by atoms with Crippen LogP contribution < -0.4 is 4.74 Å². The van der Waals surface area contributed by atoms with Crippen LogP contribution in [0.5, 0.6) is 5.75 Å². The Morgan fingerprint density at radius 2 is 1.81 bits per heavy atom. The quantitative estimate of drug-likeness (QED) is 0.729. The number of likely N-dealkylation sites (tertiary alicyclic amines) is 1. The van der Waals surface area contributed by atoms with Crippen LogP contribution in [0.4, 0.5) is 8.78 Å². The van der Waals surface area contributed by atoms with Crippen LogP contribution in [-0.2, 0) is 0 Å². The number of halogens is 2. The Kier molecular flexibility index (Phi) is 5.23. The van der Waals surface area contributed by atoms with E-state index in [1.54, 1.807) is 17.4 Å². The van der Waals surface area contributed by atoms with Gasteiger partial charge in [-0.05, 0) is 50.9 Å². The van der Waals surface area contributed by atoms with E-state index in [0.717, 1.165) is 37.0 Å². The number of aromatic nitrogens is 1. The summed E-state index contributed by atoms with van der Waals surface area (Å²) in [6, 6.07) is 3.77. The van der Waals surface area contributed by atoms with Crippen molar-refractivity contribution in [3.8, 4) is 17.0 Å². The lowest BCUT2D eigenvalue weighted by Crippen LogP contribution is -2.39. The van der Waals surface area contributed by atoms with Gasteiger partial charge in [-0.2, -0.15) is 4.39 Å². The van der Waals surface area contributed by atoms with Gasteiger partial charge in [-0.1, -0.05) is 12.8 Å². The van der Waals surface area contributed by atoms with Crippen molar-refractivity contribution in [1.82, 2.24) is 9.88 Å². The Morgan fingerprint density at radius 1 is 1.08 bits per heavy atom. The van der Waals surface area contributed by atoms with Gasteiger partial charge in [0.15, 0.2) is 11.6 Å². The predicted octanol–water partition coefficient (Wildman–Crippen LogP) is 5.22. The maximum absolute atomic E-state index is 14.3. The summed E-state index contributed by atoms with van der Waals surface area (Å²) in [5, 5.41) is 2.88. The summed E-state index contributed by atoms with van der Waals surface area (Å²) < 4.78 is 33.1. The molecule has 6 heteroatoms. The van der Waals surface area contributed by atoms with Gasteiger partial charge >= 0.3 is 0 Å². The lowest BCUT2D eigenvalue weighted by molar-refractivity contribution is 0.154. The second kappa shape index (κ2) is 7.61. The first-order valence-corrected chi connectivity index (χ1v) is 10.3. The van der Waals surface area contributed by atoms with Crippen molar-refractivity contribution in [3.05, 3.63) is 34.2 Å². The molecule has 0 bridgehead atoms. The van der Waals surface area contributed by atoms with Crippen LogP contribution in [0, 0.1) is 11.6 Å². The first-order chi connectivity index (χ1) is 12.7. The molecule has 0 N–H and O–H groups in total. The van der Waals surface area contributed by atoms with Gasteiger partial charge in [-0.3, -0.25) is 0 Å². The van der Waals surface area contributed by atoms with Crippen molar-refractivity contribution in [1.29, 1.82) is 0 Å². The van der Waals surface area contributed by atoms with Crippen LogP contribution in [0.2, 0.25) is 0 Å². The molecule has 1 saturated carbocycles. The van der Waals surface area contributed by atoms with Crippen LogP contribution in [0.3, 0.4) is 0 Å². The molecule has 3 nitrogen and oxygen atoms in total. The van der Waals surface area contributed by atoms with Crippen molar-refractivity contribution >= 4 is 11.3 Å². The number of hydrogen-bond donors (Lipinski definition) is 0. The van der Waals surface area contributed by atoms with Gasteiger partial charge in [-0.15, -0.1) is 11.3 Å². The van der Waals surface area contributed by atoms with Crippen molar-refractivity contribution in [3.63, 3.8) is 0 Å². The van der Waals surface area contributed by atoms with Crippen LogP contribution in [0.25, 0.3) is 11.3 Å². The topological polar surface area (TPSA) is 25.4 Å². The average molecular weight is 378 g/mol. The van der Waals surface area contributed by atoms with Crippen LogP contribution >= 0.6 is 11.3 Å². The Morgan fingerprint density at radius 3 is 2.50 bits per heavy atom. The fourth-order valence-electron chi connectivity index (χ4n) is 4.27. The zero-order valence-electron chi connectivity index (χ0n) is 15.0. The summed E-state index contributed by atoms with van der Waals surface area (Å²) >= 11 is 1.56. The third-order valence-corrected chi connectivity index (χ3v) is 6.79. The number of nitrogens with zero attached hydrogens (tertiary/aromatic N) is 2. The summed E-state index contributed by atoms with van der Waals surface area (Å²) in [6.45, 7) is 2.24. The van der Waals surface area contributed by atoms with Crippen molar-refractivity contribution in [2.24, 2.45) is 0 Å². The number of benzene rings is 1. The zero-order chi connectivity index (χ0) is 18.1. The monoisotopic (exact) mass is 378 g/mol. The third-order valence-electron chi connectivity index (χ3n) is 5.78. The van der Waals surface area contributed by atoms with Gasteiger partial charge in [0.05, 0.1) is 17.8 Å². The van der Waals surface area contributed by atoms with Crippen LogP contribution in [0.1, 0.15) is 49.5 Å². The number of rotatable bonds is 4. The number of thiazole rings is 1. The molecule has 0 amide bonds. The SMILES string of the molecule is COc1ccc(-c2csc(C3CCN(C4CCCC4)CC3)n2)c(F)c1F. The van der Waals surface area contributed by atoms with E-state index in [9.17, 15) is 8.78 Å². The van der Waals surface area contributed by atoms with Gasteiger partial charge in [-0.25, -0.2) is 9.37 Å². The van der Waals surface area contributed by atoms with Gasteiger partial charge in [0, 0.05) is 22.9 Å². The largest absolute Gasteiger partial charge is 0.494 e. The average Bonchev–Trinajstić information content (AvgIpc) is 3.36. The Bertz CT molecular complexity index is 765. The highest BCUT2D eigenvalue weighted by Crippen LogP contribution is 2.36. The highest BCUT2D eigenvalue weighted by molar-refractivity contribution is 7.10. The minimum absolute atomic E-state index is 0.0824. The summed E-state index contributed by atoms with van der Waals surface area (Å²) in [5.41, 5.74) is 0.719. The molecule has 0 atom stereocenters. The molecular formula is C20H24F2N2OS. The maximum atomic E-state index is 14.3. The summed E-state index contributed by atoms with van der Waals surface area (Å²) in [6.07, 6.45) is 7.61.